The van der Waals surface area contributed by atoms with Crippen LogP contribution in [0.3, 0.4) is 0 Å². The minimum absolute atomic E-state index is 0.0632. The van der Waals surface area contributed by atoms with Gasteiger partial charge in [-0.25, -0.2) is 4.79 Å². The molecule has 0 radical (unpaired) electrons. The molecule has 1 aliphatic rings. The van der Waals surface area contributed by atoms with Crippen LogP contribution in [0.15, 0.2) is 61.1 Å². The molecule has 0 unspecified atom stereocenters. The Morgan fingerprint density at radius 1 is 0.962 bits per heavy atom. The maximum absolute atomic E-state index is 12.6. The highest BCUT2D eigenvalue weighted by Crippen LogP contribution is 2.21. The van der Waals surface area contributed by atoms with Crippen molar-refractivity contribution < 1.29 is 4.79 Å². The summed E-state index contributed by atoms with van der Waals surface area (Å²) in [6.45, 7) is 4.06. The number of nitrogens with zero attached hydrogens (tertiary/aromatic N) is 4. The van der Waals surface area contributed by atoms with Crippen molar-refractivity contribution in [2.75, 3.05) is 31.5 Å². The molecule has 3 aromatic rings. The Morgan fingerprint density at radius 3 is 2.54 bits per heavy atom. The van der Waals surface area contributed by atoms with E-state index in [0.717, 1.165) is 49.3 Å². The number of amides is 2. The highest BCUT2D eigenvalue weighted by molar-refractivity contribution is 5.99. The van der Waals surface area contributed by atoms with Crippen molar-refractivity contribution in [2.45, 2.75) is 6.54 Å². The number of urea groups is 1. The van der Waals surface area contributed by atoms with Crippen LogP contribution in [-0.2, 0) is 6.54 Å². The summed E-state index contributed by atoms with van der Waals surface area (Å²) in [5, 5.41) is 4.04. The average Bonchev–Trinajstić information content (AvgIpc) is 2.70. The van der Waals surface area contributed by atoms with E-state index < -0.39 is 0 Å². The topological polar surface area (TPSA) is 61.4 Å². The first-order chi connectivity index (χ1) is 12.8. The predicted molar refractivity (Wildman–Crippen MR) is 102 cm³/mol. The monoisotopic (exact) mass is 347 g/mol. The molecule has 6 heteroatoms. The van der Waals surface area contributed by atoms with E-state index in [4.69, 9.17) is 0 Å². The minimum Gasteiger partial charge on any atom is -0.322 e. The molecule has 0 bridgehead atoms. The van der Waals surface area contributed by atoms with Gasteiger partial charge in [-0.05, 0) is 29.8 Å². The lowest BCUT2D eigenvalue weighted by molar-refractivity contribution is 0.143. The van der Waals surface area contributed by atoms with Crippen LogP contribution in [0.25, 0.3) is 10.9 Å². The van der Waals surface area contributed by atoms with Crippen molar-refractivity contribution in [1.29, 1.82) is 0 Å². The number of anilines is 1. The summed E-state index contributed by atoms with van der Waals surface area (Å²) in [6.07, 6.45) is 5.38. The quantitative estimate of drug-likeness (QED) is 0.791. The molecule has 1 aromatic carbocycles. The molecule has 3 heterocycles. The Labute approximate surface area is 152 Å². The van der Waals surface area contributed by atoms with Gasteiger partial charge in [0.1, 0.15) is 0 Å². The third-order valence-electron chi connectivity index (χ3n) is 4.69. The summed E-state index contributed by atoms with van der Waals surface area (Å²) in [5.74, 6) is 0. The van der Waals surface area contributed by atoms with Gasteiger partial charge in [0.2, 0.25) is 0 Å². The fourth-order valence-electron chi connectivity index (χ4n) is 3.25. The molecule has 1 aliphatic heterocycles. The van der Waals surface area contributed by atoms with E-state index in [-0.39, 0.29) is 6.03 Å². The maximum atomic E-state index is 12.6. The molecule has 1 fully saturated rings. The normalized spacial score (nSPS) is 15.2. The van der Waals surface area contributed by atoms with E-state index in [2.05, 4.69) is 20.2 Å². The maximum Gasteiger partial charge on any atom is 0.321 e. The zero-order chi connectivity index (χ0) is 17.8. The zero-order valence-corrected chi connectivity index (χ0v) is 14.5. The Kier molecular flexibility index (Phi) is 4.75. The second-order valence-corrected chi connectivity index (χ2v) is 6.43. The molecule has 0 aliphatic carbocycles. The number of pyridine rings is 2. The number of hydrogen-bond donors (Lipinski definition) is 1. The SMILES string of the molecule is O=C(Nc1cccc2cccnc12)N1CCN(Cc2ccncc2)CC1. The molecule has 2 aromatic heterocycles. The molecular weight excluding hydrogens is 326 g/mol. The lowest BCUT2D eigenvalue weighted by atomic mass is 10.2. The second-order valence-electron chi connectivity index (χ2n) is 6.43. The van der Waals surface area contributed by atoms with Gasteiger partial charge < -0.3 is 10.2 Å². The molecule has 1 saturated heterocycles. The van der Waals surface area contributed by atoms with Gasteiger partial charge in [-0.15, -0.1) is 0 Å². The molecule has 4 rings (SSSR count). The Hall–Kier alpha value is -2.99. The summed E-state index contributed by atoms with van der Waals surface area (Å²) in [4.78, 5) is 25.3. The first-order valence-corrected chi connectivity index (χ1v) is 8.80. The van der Waals surface area contributed by atoms with E-state index in [1.807, 2.05) is 59.8 Å². The van der Waals surface area contributed by atoms with Gasteiger partial charge in [0.15, 0.2) is 0 Å². The van der Waals surface area contributed by atoms with E-state index in [0.29, 0.717) is 0 Å². The van der Waals surface area contributed by atoms with Gasteiger partial charge in [0.05, 0.1) is 11.2 Å². The Morgan fingerprint density at radius 2 is 1.73 bits per heavy atom. The van der Waals surface area contributed by atoms with Crippen LogP contribution in [0.5, 0.6) is 0 Å². The van der Waals surface area contributed by atoms with Gasteiger partial charge in [-0.2, -0.15) is 0 Å². The summed E-state index contributed by atoms with van der Waals surface area (Å²) in [5.41, 5.74) is 2.83. The van der Waals surface area contributed by atoms with Crippen LogP contribution < -0.4 is 5.32 Å². The molecule has 0 spiro atoms. The third kappa shape index (κ3) is 3.65. The van der Waals surface area contributed by atoms with Gasteiger partial charge in [-0.1, -0.05) is 18.2 Å². The fraction of sp³-hybridized carbons (Fsp3) is 0.250. The van der Waals surface area contributed by atoms with E-state index >= 15 is 0 Å². The minimum atomic E-state index is -0.0632. The van der Waals surface area contributed by atoms with Crippen molar-refractivity contribution in [3.8, 4) is 0 Å². The van der Waals surface area contributed by atoms with Crippen LogP contribution in [0.4, 0.5) is 10.5 Å². The summed E-state index contributed by atoms with van der Waals surface area (Å²) in [6, 6.07) is 13.7. The van der Waals surface area contributed by atoms with Crippen molar-refractivity contribution in [2.24, 2.45) is 0 Å². The van der Waals surface area contributed by atoms with E-state index in [1.165, 1.54) is 5.56 Å². The molecule has 0 atom stereocenters. The Balaban J connectivity index is 1.36. The Bertz CT molecular complexity index is 886. The molecule has 1 N–H and O–H groups in total. The number of hydrogen-bond acceptors (Lipinski definition) is 4. The number of carbonyl (C=O) groups excluding carboxylic acids is 1. The number of rotatable bonds is 3. The molecule has 6 nitrogen and oxygen atoms in total. The van der Waals surface area contributed by atoms with Gasteiger partial charge in [-0.3, -0.25) is 14.9 Å². The van der Waals surface area contributed by atoms with Crippen molar-refractivity contribution in [1.82, 2.24) is 19.8 Å². The fourth-order valence-corrected chi connectivity index (χ4v) is 3.25. The average molecular weight is 347 g/mol. The smallest absolute Gasteiger partial charge is 0.321 e. The van der Waals surface area contributed by atoms with E-state index in [1.54, 1.807) is 6.20 Å². The number of benzene rings is 1. The van der Waals surface area contributed by atoms with Crippen LogP contribution in [0.2, 0.25) is 0 Å². The second kappa shape index (κ2) is 7.49. The lowest BCUT2D eigenvalue weighted by Gasteiger charge is -2.34. The van der Waals surface area contributed by atoms with E-state index in [9.17, 15) is 4.79 Å². The van der Waals surface area contributed by atoms with Crippen LogP contribution in [0, 0.1) is 0 Å². The number of para-hydroxylation sites is 1. The first kappa shape index (κ1) is 16.5. The van der Waals surface area contributed by atoms with Crippen LogP contribution in [-0.4, -0.2) is 52.0 Å². The highest BCUT2D eigenvalue weighted by atomic mass is 16.2. The van der Waals surface area contributed by atoms with Gasteiger partial charge in [0, 0.05) is 56.7 Å². The largest absolute Gasteiger partial charge is 0.322 e. The number of fused-ring (bicyclic) bond motifs is 1. The van der Waals surface area contributed by atoms with Crippen LogP contribution in [0.1, 0.15) is 5.56 Å². The van der Waals surface area contributed by atoms with Gasteiger partial charge >= 0.3 is 6.03 Å². The molecule has 26 heavy (non-hydrogen) atoms. The molecule has 2 amide bonds. The predicted octanol–water partition coefficient (Wildman–Crippen LogP) is 2.98. The molecule has 0 saturated carbocycles. The zero-order valence-electron chi connectivity index (χ0n) is 14.5. The summed E-state index contributed by atoms with van der Waals surface area (Å²) < 4.78 is 0. The number of aromatic nitrogens is 2. The molecular formula is C20H21N5O. The summed E-state index contributed by atoms with van der Waals surface area (Å²) >= 11 is 0. The lowest BCUT2D eigenvalue weighted by Crippen LogP contribution is -2.49. The van der Waals surface area contributed by atoms with Crippen molar-refractivity contribution in [3.05, 3.63) is 66.6 Å². The first-order valence-electron chi connectivity index (χ1n) is 8.80. The highest BCUT2D eigenvalue weighted by Gasteiger charge is 2.21. The van der Waals surface area contributed by atoms with Crippen molar-refractivity contribution in [3.63, 3.8) is 0 Å². The molecule has 132 valence electrons. The number of piperazine rings is 1. The standard InChI is InChI=1S/C20H21N5O/c26-20(23-18-5-1-3-17-4-2-8-22-19(17)18)25-13-11-24(12-14-25)15-16-6-9-21-10-7-16/h1-10H,11-15H2,(H,23,26). The van der Waals surface area contributed by atoms with Crippen LogP contribution >= 0.6 is 0 Å². The third-order valence-corrected chi connectivity index (χ3v) is 4.69. The van der Waals surface area contributed by atoms with Gasteiger partial charge in [0.25, 0.3) is 0 Å². The van der Waals surface area contributed by atoms with Crippen molar-refractivity contribution >= 4 is 22.6 Å². The summed E-state index contributed by atoms with van der Waals surface area (Å²) in [7, 11) is 0. The number of nitrogens with one attached hydrogen (secondary N) is 1. The number of carbonyl (C=O) groups is 1.